The highest BCUT2D eigenvalue weighted by Crippen LogP contribution is 2.24. The van der Waals surface area contributed by atoms with Gasteiger partial charge in [0.05, 0.1) is 31.8 Å². The first kappa shape index (κ1) is 12.5. The zero-order valence-corrected chi connectivity index (χ0v) is 9.71. The summed E-state index contributed by atoms with van der Waals surface area (Å²) in [4.78, 5) is 0. The van der Waals surface area contributed by atoms with Crippen molar-refractivity contribution in [1.82, 2.24) is 0 Å². The molecular formula is C13H18O4. The number of benzene rings is 1. The monoisotopic (exact) mass is 238 g/mol. The third-order valence-electron chi connectivity index (χ3n) is 3.07. The average Bonchev–Trinajstić information content (AvgIpc) is 2.41. The molecule has 1 aliphatic heterocycles. The van der Waals surface area contributed by atoms with E-state index < -0.39 is 5.41 Å². The van der Waals surface area contributed by atoms with Crippen molar-refractivity contribution in [2.45, 2.75) is 12.7 Å². The summed E-state index contributed by atoms with van der Waals surface area (Å²) in [6, 6.07) is 9.96. The van der Waals surface area contributed by atoms with E-state index in [1.54, 1.807) is 0 Å². The maximum absolute atomic E-state index is 9.20. The van der Waals surface area contributed by atoms with Crippen molar-refractivity contribution in [2.24, 2.45) is 5.41 Å². The molecule has 1 aromatic carbocycles. The van der Waals surface area contributed by atoms with E-state index in [1.807, 2.05) is 30.3 Å². The van der Waals surface area contributed by atoms with Gasteiger partial charge in [0.1, 0.15) is 0 Å². The lowest BCUT2D eigenvalue weighted by Crippen LogP contribution is -2.47. The summed E-state index contributed by atoms with van der Waals surface area (Å²) >= 11 is 0. The van der Waals surface area contributed by atoms with Crippen LogP contribution in [0.3, 0.4) is 0 Å². The Kier molecular flexibility index (Phi) is 4.12. The Morgan fingerprint density at radius 2 is 1.65 bits per heavy atom. The number of hydrogen-bond acceptors (Lipinski definition) is 4. The van der Waals surface area contributed by atoms with Gasteiger partial charge in [-0.2, -0.15) is 0 Å². The molecule has 4 heteroatoms. The number of aliphatic hydroxyl groups is 2. The highest BCUT2D eigenvalue weighted by molar-refractivity contribution is 5.15. The van der Waals surface area contributed by atoms with Gasteiger partial charge >= 0.3 is 0 Å². The molecule has 0 spiro atoms. The molecule has 0 amide bonds. The van der Waals surface area contributed by atoms with Gasteiger partial charge in [-0.15, -0.1) is 0 Å². The Hall–Kier alpha value is -0.940. The lowest BCUT2D eigenvalue weighted by atomic mass is 9.91. The molecule has 0 aliphatic carbocycles. The molecule has 1 aromatic rings. The molecule has 1 saturated heterocycles. The van der Waals surface area contributed by atoms with E-state index in [-0.39, 0.29) is 19.5 Å². The maximum Gasteiger partial charge on any atom is 0.161 e. The van der Waals surface area contributed by atoms with Crippen LogP contribution in [0.25, 0.3) is 0 Å². The summed E-state index contributed by atoms with van der Waals surface area (Å²) in [5.41, 5.74) is 0.505. The predicted octanol–water partition coefficient (Wildman–Crippen LogP) is 0.573. The van der Waals surface area contributed by atoms with Crippen molar-refractivity contribution in [1.29, 1.82) is 0 Å². The molecule has 1 fully saturated rings. The zero-order chi connectivity index (χ0) is 12.1. The van der Waals surface area contributed by atoms with Crippen molar-refractivity contribution < 1.29 is 19.7 Å². The lowest BCUT2D eigenvalue weighted by molar-refractivity contribution is -0.242. The third kappa shape index (κ3) is 3.04. The van der Waals surface area contributed by atoms with E-state index in [9.17, 15) is 10.2 Å². The van der Waals surface area contributed by atoms with Crippen molar-refractivity contribution in [3.63, 3.8) is 0 Å². The summed E-state index contributed by atoms with van der Waals surface area (Å²) in [7, 11) is 0. The molecule has 2 rings (SSSR count). The first-order chi connectivity index (χ1) is 8.28. The molecule has 0 aromatic heterocycles. The quantitative estimate of drug-likeness (QED) is 0.805. The van der Waals surface area contributed by atoms with E-state index in [0.29, 0.717) is 19.6 Å². The second-order valence-electron chi connectivity index (χ2n) is 4.56. The van der Waals surface area contributed by atoms with Crippen LogP contribution in [0.1, 0.15) is 5.56 Å². The summed E-state index contributed by atoms with van der Waals surface area (Å²) in [6.45, 7) is 0.415. The van der Waals surface area contributed by atoms with Crippen molar-refractivity contribution in [3.8, 4) is 0 Å². The molecule has 94 valence electrons. The molecule has 17 heavy (non-hydrogen) atoms. The standard InChI is InChI=1S/C13H18O4/c14-7-13(8-15)9-16-12(17-10-13)6-11-4-2-1-3-5-11/h1-5,12,14-15H,6-10H2. The van der Waals surface area contributed by atoms with E-state index in [4.69, 9.17) is 9.47 Å². The van der Waals surface area contributed by atoms with Crippen LogP contribution in [0.4, 0.5) is 0 Å². The van der Waals surface area contributed by atoms with Crippen LogP contribution in [0.15, 0.2) is 30.3 Å². The van der Waals surface area contributed by atoms with E-state index in [2.05, 4.69) is 0 Å². The predicted molar refractivity (Wildman–Crippen MR) is 62.4 cm³/mol. The topological polar surface area (TPSA) is 58.9 Å². The van der Waals surface area contributed by atoms with E-state index in [1.165, 1.54) is 0 Å². The van der Waals surface area contributed by atoms with Gasteiger partial charge in [-0.25, -0.2) is 0 Å². The van der Waals surface area contributed by atoms with Gasteiger partial charge in [0.2, 0.25) is 0 Å². The van der Waals surface area contributed by atoms with Crippen LogP contribution in [-0.2, 0) is 15.9 Å². The van der Waals surface area contributed by atoms with Crippen LogP contribution in [0.5, 0.6) is 0 Å². The molecule has 0 bridgehead atoms. The Labute approximate surface area is 101 Å². The molecule has 2 N–H and O–H groups in total. The van der Waals surface area contributed by atoms with Gasteiger partial charge in [-0.1, -0.05) is 30.3 Å². The number of hydrogen-bond donors (Lipinski definition) is 2. The van der Waals surface area contributed by atoms with Crippen molar-refractivity contribution in [2.75, 3.05) is 26.4 Å². The highest BCUT2D eigenvalue weighted by Gasteiger charge is 2.36. The van der Waals surface area contributed by atoms with Gasteiger partial charge in [-0.05, 0) is 5.56 Å². The van der Waals surface area contributed by atoms with Gasteiger partial charge < -0.3 is 19.7 Å². The van der Waals surface area contributed by atoms with Crippen LogP contribution in [0, 0.1) is 5.41 Å². The summed E-state index contributed by atoms with van der Waals surface area (Å²) in [5.74, 6) is 0. The highest BCUT2D eigenvalue weighted by atomic mass is 16.7. The largest absolute Gasteiger partial charge is 0.396 e. The second-order valence-corrected chi connectivity index (χ2v) is 4.56. The molecule has 0 atom stereocenters. The number of rotatable bonds is 4. The average molecular weight is 238 g/mol. The fraction of sp³-hybridized carbons (Fsp3) is 0.538. The van der Waals surface area contributed by atoms with Crippen LogP contribution in [0.2, 0.25) is 0 Å². The fourth-order valence-corrected chi connectivity index (χ4v) is 1.79. The van der Waals surface area contributed by atoms with Crippen LogP contribution < -0.4 is 0 Å². The second kappa shape index (κ2) is 5.60. The summed E-state index contributed by atoms with van der Waals surface area (Å²) < 4.78 is 11.1. The molecule has 4 nitrogen and oxygen atoms in total. The van der Waals surface area contributed by atoms with Gasteiger partial charge in [0.25, 0.3) is 0 Å². The lowest BCUT2D eigenvalue weighted by Gasteiger charge is -2.37. The minimum Gasteiger partial charge on any atom is -0.396 e. The van der Waals surface area contributed by atoms with Crippen molar-refractivity contribution in [3.05, 3.63) is 35.9 Å². The Bertz CT molecular complexity index is 325. The van der Waals surface area contributed by atoms with Crippen LogP contribution in [-0.4, -0.2) is 42.9 Å². The Morgan fingerprint density at radius 3 is 2.18 bits per heavy atom. The number of aliphatic hydroxyl groups excluding tert-OH is 2. The fourth-order valence-electron chi connectivity index (χ4n) is 1.79. The van der Waals surface area contributed by atoms with E-state index in [0.717, 1.165) is 5.56 Å². The summed E-state index contributed by atoms with van der Waals surface area (Å²) in [5, 5.41) is 18.4. The zero-order valence-electron chi connectivity index (χ0n) is 9.71. The first-order valence-corrected chi connectivity index (χ1v) is 5.77. The molecule has 0 unspecified atom stereocenters. The molecule has 0 saturated carbocycles. The Morgan fingerprint density at radius 1 is 1.06 bits per heavy atom. The minimum atomic E-state index is -0.646. The smallest absolute Gasteiger partial charge is 0.161 e. The minimum absolute atomic E-state index is 0.123. The maximum atomic E-state index is 9.20. The normalized spacial score (nSPS) is 20.4. The molecular weight excluding hydrogens is 220 g/mol. The van der Waals surface area contributed by atoms with Gasteiger partial charge in [0.15, 0.2) is 6.29 Å². The molecule has 0 radical (unpaired) electrons. The van der Waals surface area contributed by atoms with Crippen LogP contribution >= 0.6 is 0 Å². The molecule has 1 aliphatic rings. The van der Waals surface area contributed by atoms with Gasteiger partial charge in [0, 0.05) is 6.42 Å². The summed E-state index contributed by atoms with van der Waals surface area (Å²) in [6.07, 6.45) is 0.400. The number of ether oxygens (including phenoxy) is 2. The van der Waals surface area contributed by atoms with E-state index >= 15 is 0 Å². The first-order valence-electron chi connectivity index (χ1n) is 5.77. The SMILES string of the molecule is OCC1(CO)COC(Cc2ccccc2)OC1. The molecule has 1 heterocycles. The Balaban J connectivity index is 1.87. The van der Waals surface area contributed by atoms with Gasteiger partial charge in [-0.3, -0.25) is 0 Å². The third-order valence-corrected chi connectivity index (χ3v) is 3.07. The van der Waals surface area contributed by atoms with Crippen molar-refractivity contribution >= 4 is 0 Å².